The summed E-state index contributed by atoms with van der Waals surface area (Å²) in [5, 5.41) is 3.36. The van der Waals surface area contributed by atoms with E-state index in [2.05, 4.69) is 45.9 Å². The van der Waals surface area contributed by atoms with Gasteiger partial charge in [0.25, 0.3) is 0 Å². The van der Waals surface area contributed by atoms with Gasteiger partial charge in [-0.3, -0.25) is 9.88 Å². The van der Waals surface area contributed by atoms with E-state index in [4.69, 9.17) is 0 Å². The first kappa shape index (κ1) is 15.2. The van der Waals surface area contributed by atoms with Crippen molar-refractivity contribution in [2.45, 2.75) is 39.8 Å². The van der Waals surface area contributed by atoms with E-state index in [1.807, 2.05) is 12.4 Å². The molecule has 1 saturated heterocycles. The van der Waals surface area contributed by atoms with Gasteiger partial charge in [-0.15, -0.1) is 0 Å². The van der Waals surface area contributed by atoms with E-state index in [0.717, 1.165) is 44.2 Å². The summed E-state index contributed by atoms with van der Waals surface area (Å²) < 4.78 is 0. The van der Waals surface area contributed by atoms with Gasteiger partial charge in [0.2, 0.25) is 0 Å². The topological polar surface area (TPSA) is 44.3 Å². The highest BCUT2D eigenvalue weighted by molar-refractivity contribution is 5.36. The third-order valence-corrected chi connectivity index (χ3v) is 3.62. The molecule has 1 N–H and O–H groups in total. The van der Waals surface area contributed by atoms with Crippen LogP contribution in [-0.2, 0) is 6.54 Å². The van der Waals surface area contributed by atoms with Crippen LogP contribution in [0.3, 0.4) is 0 Å². The number of hydrogen-bond acceptors (Lipinski definition) is 5. The molecule has 1 fully saturated rings. The highest BCUT2D eigenvalue weighted by Crippen LogP contribution is 2.12. The molecule has 0 spiro atoms. The third-order valence-electron chi connectivity index (χ3n) is 3.62. The van der Waals surface area contributed by atoms with Crippen molar-refractivity contribution < 1.29 is 0 Å². The molecule has 1 aromatic rings. The summed E-state index contributed by atoms with van der Waals surface area (Å²) in [6, 6.07) is 0.475. The standard InChI is InChI=1S/C15H27N5/c1-4-5-19-6-8-20(9-7-19)15-12-17-14(11-18-15)10-16-13(2)3/h11-13,16H,4-10H2,1-3H3. The highest BCUT2D eigenvalue weighted by atomic mass is 15.3. The minimum atomic E-state index is 0.475. The van der Waals surface area contributed by atoms with Crippen molar-refractivity contribution in [2.24, 2.45) is 0 Å². The summed E-state index contributed by atoms with van der Waals surface area (Å²) in [6.45, 7) is 12.9. The van der Waals surface area contributed by atoms with Crippen LogP contribution in [0.4, 0.5) is 5.82 Å². The Hall–Kier alpha value is -1.20. The van der Waals surface area contributed by atoms with Crippen LogP contribution in [0.15, 0.2) is 12.4 Å². The summed E-state index contributed by atoms with van der Waals surface area (Å²) >= 11 is 0. The van der Waals surface area contributed by atoms with Gasteiger partial charge in [-0.1, -0.05) is 20.8 Å². The van der Waals surface area contributed by atoms with E-state index in [1.54, 1.807) is 0 Å². The van der Waals surface area contributed by atoms with Crippen LogP contribution in [0.25, 0.3) is 0 Å². The van der Waals surface area contributed by atoms with Crippen LogP contribution in [0.5, 0.6) is 0 Å². The molecule has 2 rings (SSSR count). The lowest BCUT2D eigenvalue weighted by atomic mass is 10.3. The maximum atomic E-state index is 4.56. The first-order chi connectivity index (χ1) is 9.69. The highest BCUT2D eigenvalue weighted by Gasteiger charge is 2.17. The molecule has 112 valence electrons. The Morgan fingerprint density at radius 2 is 1.90 bits per heavy atom. The minimum absolute atomic E-state index is 0.475. The minimum Gasteiger partial charge on any atom is -0.353 e. The molecule has 1 aliphatic heterocycles. The molecule has 0 saturated carbocycles. The molecule has 0 radical (unpaired) electrons. The number of aromatic nitrogens is 2. The average molecular weight is 277 g/mol. The van der Waals surface area contributed by atoms with Gasteiger partial charge in [-0.2, -0.15) is 0 Å². The van der Waals surface area contributed by atoms with Gasteiger partial charge in [-0.05, 0) is 13.0 Å². The van der Waals surface area contributed by atoms with E-state index in [9.17, 15) is 0 Å². The molecule has 0 aliphatic carbocycles. The van der Waals surface area contributed by atoms with Gasteiger partial charge >= 0.3 is 0 Å². The molecule has 2 heterocycles. The van der Waals surface area contributed by atoms with E-state index in [-0.39, 0.29) is 0 Å². The third kappa shape index (κ3) is 4.42. The largest absolute Gasteiger partial charge is 0.353 e. The van der Waals surface area contributed by atoms with Crippen molar-refractivity contribution in [1.82, 2.24) is 20.2 Å². The van der Waals surface area contributed by atoms with Crippen molar-refractivity contribution in [2.75, 3.05) is 37.6 Å². The maximum absolute atomic E-state index is 4.56. The SMILES string of the molecule is CCCN1CCN(c2cnc(CNC(C)C)cn2)CC1. The second-order valence-corrected chi connectivity index (χ2v) is 5.73. The number of piperazine rings is 1. The van der Waals surface area contributed by atoms with Gasteiger partial charge in [0.05, 0.1) is 18.1 Å². The summed E-state index contributed by atoms with van der Waals surface area (Å²) in [6.07, 6.45) is 5.04. The van der Waals surface area contributed by atoms with E-state index in [0.29, 0.717) is 6.04 Å². The fraction of sp³-hybridized carbons (Fsp3) is 0.733. The molecule has 5 nitrogen and oxygen atoms in total. The average Bonchev–Trinajstić information content (AvgIpc) is 2.47. The van der Waals surface area contributed by atoms with Crippen molar-refractivity contribution in [3.05, 3.63) is 18.1 Å². The van der Waals surface area contributed by atoms with Crippen LogP contribution in [0.1, 0.15) is 32.9 Å². The smallest absolute Gasteiger partial charge is 0.147 e. The van der Waals surface area contributed by atoms with E-state index in [1.165, 1.54) is 13.0 Å². The fourth-order valence-corrected chi connectivity index (χ4v) is 2.43. The van der Waals surface area contributed by atoms with Crippen LogP contribution in [0, 0.1) is 0 Å². The number of rotatable bonds is 6. The van der Waals surface area contributed by atoms with Crippen molar-refractivity contribution in [3.63, 3.8) is 0 Å². The predicted molar refractivity (Wildman–Crippen MR) is 83.0 cm³/mol. The molecule has 0 unspecified atom stereocenters. The number of hydrogen-bond donors (Lipinski definition) is 1. The normalized spacial score (nSPS) is 16.9. The molecule has 0 bridgehead atoms. The predicted octanol–water partition coefficient (Wildman–Crippen LogP) is 1.51. The molecule has 0 atom stereocenters. The molecule has 20 heavy (non-hydrogen) atoms. The van der Waals surface area contributed by atoms with Crippen LogP contribution < -0.4 is 10.2 Å². The molecule has 1 aliphatic rings. The number of nitrogens with one attached hydrogen (secondary N) is 1. The Morgan fingerprint density at radius 1 is 1.15 bits per heavy atom. The summed E-state index contributed by atoms with van der Waals surface area (Å²) in [4.78, 5) is 13.9. The van der Waals surface area contributed by atoms with Gasteiger partial charge in [0.15, 0.2) is 0 Å². The lowest BCUT2D eigenvalue weighted by molar-refractivity contribution is 0.258. The van der Waals surface area contributed by atoms with E-state index < -0.39 is 0 Å². The summed E-state index contributed by atoms with van der Waals surface area (Å²) in [5.74, 6) is 1.01. The van der Waals surface area contributed by atoms with Gasteiger partial charge < -0.3 is 10.2 Å². The van der Waals surface area contributed by atoms with Gasteiger partial charge in [0.1, 0.15) is 5.82 Å². The molecule has 0 amide bonds. The monoisotopic (exact) mass is 277 g/mol. The molecule has 1 aromatic heterocycles. The Balaban J connectivity index is 1.84. The second-order valence-electron chi connectivity index (χ2n) is 5.73. The number of nitrogens with zero attached hydrogens (tertiary/aromatic N) is 4. The van der Waals surface area contributed by atoms with E-state index >= 15 is 0 Å². The quantitative estimate of drug-likeness (QED) is 0.854. The molecular weight excluding hydrogens is 250 g/mol. The van der Waals surface area contributed by atoms with Crippen molar-refractivity contribution >= 4 is 5.82 Å². The van der Waals surface area contributed by atoms with Gasteiger partial charge in [-0.25, -0.2) is 4.98 Å². The molecule has 5 heteroatoms. The summed E-state index contributed by atoms with van der Waals surface area (Å²) in [7, 11) is 0. The van der Waals surface area contributed by atoms with Crippen LogP contribution >= 0.6 is 0 Å². The molecule has 0 aromatic carbocycles. The lowest BCUT2D eigenvalue weighted by Gasteiger charge is -2.35. The van der Waals surface area contributed by atoms with Gasteiger partial charge in [0, 0.05) is 38.8 Å². The number of anilines is 1. The second kappa shape index (κ2) is 7.55. The zero-order valence-electron chi connectivity index (χ0n) is 13.0. The Labute approximate surface area is 122 Å². The fourth-order valence-electron chi connectivity index (χ4n) is 2.43. The van der Waals surface area contributed by atoms with Crippen LogP contribution in [-0.4, -0.2) is 53.6 Å². The molecular formula is C15H27N5. The first-order valence-electron chi connectivity index (χ1n) is 7.70. The Bertz CT molecular complexity index is 382. The maximum Gasteiger partial charge on any atom is 0.147 e. The zero-order chi connectivity index (χ0) is 14.4. The van der Waals surface area contributed by atoms with Crippen molar-refractivity contribution in [3.8, 4) is 0 Å². The Morgan fingerprint density at radius 3 is 2.45 bits per heavy atom. The Kier molecular flexibility index (Phi) is 5.73. The lowest BCUT2D eigenvalue weighted by Crippen LogP contribution is -2.46. The zero-order valence-corrected chi connectivity index (χ0v) is 13.0. The summed E-state index contributed by atoms with van der Waals surface area (Å²) in [5.41, 5.74) is 1.01. The first-order valence-corrected chi connectivity index (χ1v) is 7.70. The van der Waals surface area contributed by atoms with Crippen LogP contribution in [0.2, 0.25) is 0 Å². The van der Waals surface area contributed by atoms with Crippen molar-refractivity contribution in [1.29, 1.82) is 0 Å².